The molecule has 7 heteroatoms. The van der Waals surface area contributed by atoms with Gasteiger partial charge >= 0.3 is 0 Å². The number of nitrogens with zero attached hydrogens (tertiary/aromatic N) is 3. The summed E-state index contributed by atoms with van der Waals surface area (Å²) in [6.45, 7) is 0.585. The van der Waals surface area contributed by atoms with Crippen molar-refractivity contribution in [2.24, 2.45) is 7.05 Å². The summed E-state index contributed by atoms with van der Waals surface area (Å²) in [4.78, 5) is 4.46. The van der Waals surface area contributed by atoms with E-state index in [0.717, 1.165) is 38.3 Å². The lowest BCUT2D eigenvalue weighted by atomic mass is 10.2. The number of methoxy groups -OCH3 is 2. The number of pyridine rings is 1. The monoisotopic (exact) mass is 376 g/mol. The molecule has 3 rings (SSSR count). The molecule has 0 aliphatic heterocycles. The van der Waals surface area contributed by atoms with Gasteiger partial charge in [-0.1, -0.05) is 0 Å². The molecule has 0 amide bonds. The molecular formula is C16H17BrN4O2. The molecule has 0 radical (unpaired) electrons. The Morgan fingerprint density at radius 3 is 2.78 bits per heavy atom. The minimum atomic E-state index is 0.585. The largest absolute Gasteiger partial charge is 0.497 e. The summed E-state index contributed by atoms with van der Waals surface area (Å²) in [5, 5.41) is 8.67. The van der Waals surface area contributed by atoms with Crippen molar-refractivity contribution in [3.8, 4) is 11.5 Å². The number of fused-ring (bicyclic) bond motifs is 1. The van der Waals surface area contributed by atoms with Crippen molar-refractivity contribution >= 4 is 32.7 Å². The first-order valence-electron chi connectivity index (χ1n) is 7.05. The Hall–Kier alpha value is -2.28. The van der Waals surface area contributed by atoms with E-state index in [-0.39, 0.29) is 0 Å². The van der Waals surface area contributed by atoms with Gasteiger partial charge in [-0.3, -0.25) is 4.68 Å². The highest BCUT2D eigenvalue weighted by Crippen LogP contribution is 2.29. The maximum Gasteiger partial charge on any atom is 0.152 e. The van der Waals surface area contributed by atoms with Gasteiger partial charge in [0.25, 0.3) is 0 Å². The molecule has 2 aromatic heterocycles. The zero-order valence-electron chi connectivity index (χ0n) is 13.1. The lowest BCUT2D eigenvalue weighted by Gasteiger charge is -2.12. The van der Waals surface area contributed by atoms with E-state index in [1.54, 1.807) is 25.1 Å². The molecule has 6 nitrogen and oxygen atoms in total. The first kappa shape index (κ1) is 15.6. The van der Waals surface area contributed by atoms with Crippen LogP contribution in [0, 0.1) is 0 Å². The lowest BCUT2D eigenvalue weighted by Crippen LogP contribution is -2.05. The fraction of sp³-hybridized carbons (Fsp3) is 0.250. The molecule has 0 unspecified atom stereocenters. The lowest BCUT2D eigenvalue weighted by molar-refractivity contribution is 0.391. The van der Waals surface area contributed by atoms with E-state index in [0.29, 0.717) is 6.54 Å². The highest BCUT2D eigenvalue weighted by atomic mass is 79.9. The number of anilines is 1. The number of halogens is 1. The molecule has 120 valence electrons. The average Bonchev–Trinajstić information content (AvgIpc) is 2.97. The summed E-state index contributed by atoms with van der Waals surface area (Å²) in [5.41, 5.74) is 1.97. The van der Waals surface area contributed by atoms with Gasteiger partial charge in [0, 0.05) is 41.3 Å². The molecule has 1 aromatic carbocycles. The Morgan fingerprint density at radius 2 is 2.04 bits per heavy atom. The Labute approximate surface area is 142 Å². The van der Waals surface area contributed by atoms with E-state index in [1.807, 2.05) is 31.4 Å². The molecule has 0 bridgehead atoms. The third-order valence-electron chi connectivity index (χ3n) is 3.67. The van der Waals surface area contributed by atoms with E-state index in [2.05, 4.69) is 31.3 Å². The van der Waals surface area contributed by atoms with Crippen molar-refractivity contribution in [1.29, 1.82) is 0 Å². The zero-order valence-corrected chi connectivity index (χ0v) is 14.7. The predicted molar refractivity (Wildman–Crippen MR) is 93.1 cm³/mol. The van der Waals surface area contributed by atoms with Gasteiger partial charge < -0.3 is 14.8 Å². The van der Waals surface area contributed by atoms with Crippen LogP contribution in [0.5, 0.6) is 11.5 Å². The Morgan fingerprint density at radius 1 is 1.22 bits per heavy atom. The maximum atomic E-state index is 5.43. The van der Waals surface area contributed by atoms with Gasteiger partial charge in [-0.2, -0.15) is 5.10 Å². The molecule has 3 aromatic rings. The number of aromatic nitrogens is 3. The third-order valence-corrected chi connectivity index (χ3v) is 4.30. The van der Waals surface area contributed by atoms with Crippen LogP contribution in [0.1, 0.15) is 5.56 Å². The predicted octanol–water partition coefficient (Wildman–Crippen LogP) is 3.36. The van der Waals surface area contributed by atoms with Crippen LogP contribution in [0.3, 0.4) is 0 Å². The average molecular weight is 377 g/mol. The first-order valence-corrected chi connectivity index (χ1v) is 7.84. The first-order chi connectivity index (χ1) is 11.1. The molecule has 0 aliphatic rings. The van der Waals surface area contributed by atoms with E-state index in [4.69, 9.17) is 9.47 Å². The Bertz CT molecular complexity index is 847. The van der Waals surface area contributed by atoms with Gasteiger partial charge in [-0.05, 0) is 28.1 Å². The number of ether oxygens (including phenoxy) is 2. The Balaban J connectivity index is 1.90. The van der Waals surface area contributed by atoms with Crippen molar-refractivity contribution in [1.82, 2.24) is 14.8 Å². The van der Waals surface area contributed by atoms with Crippen molar-refractivity contribution in [3.05, 3.63) is 40.6 Å². The summed E-state index contributed by atoms with van der Waals surface area (Å²) < 4.78 is 13.4. The standard InChI is InChI=1S/C16H17BrN4O2/c1-21-15-12(8-20-21)13(17)9-19-16(15)18-7-10-4-5-11(22-2)6-14(10)23-3/h4-6,8-9H,7H2,1-3H3,(H,18,19). The molecule has 0 atom stereocenters. The van der Waals surface area contributed by atoms with Gasteiger partial charge in [0.15, 0.2) is 5.82 Å². The number of hydrogen-bond donors (Lipinski definition) is 1. The minimum absolute atomic E-state index is 0.585. The van der Waals surface area contributed by atoms with Crippen LogP contribution in [0.4, 0.5) is 5.82 Å². The van der Waals surface area contributed by atoms with Crippen LogP contribution < -0.4 is 14.8 Å². The number of benzene rings is 1. The highest BCUT2D eigenvalue weighted by molar-refractivity contribution is 9.10. The van der Waals surface area contributed by atoms with Crippen LogP contribution in [-0.4, -0.2) is 29.0 Å². The summed E-state index contributed by atoms with van der Waals surface area (Å²) in [6, 6.07) is 5.75. The van der Waals surface area contributed by atoms with Crippen molar-refractivity contribution in [2.45, 2.75) is 6.54 Å². The fourth-order valence-corrected chi connectivity index (χ4v) is 2.84. The third kappa shape index (κ3) is 2.96. The molecule has 0 saturated heterocycles. The second kappa shape index (κ2) is 6.45. The smallest absolute Gasteiger partial charge is 0.152 e. The fourth-order valence-electron chi connectivity index (χ4n) is 2.45. The SMILES string of the molecule is COc1ccc(CNc2ncc(Br)c3cnn(C)c23)c(OC)c1. The van der Waals surface area contributed by atoms with E-state index >= 15 is 0 Å². The topological polar surface area (TPSA) is 61.2 Å². The Kier molecular flexibility index (Phi) is 4.38. The molecule has 0 spiro atoms. The molecule has 0 saturated carbocycles. The van der Waals surface area contributed by atoms with Crippen molar-refractivity contribution in [2.75, 3.05) is 19.5 Å². The number of rotatable bonds is 5. The summed E-state index contributed by atoms with van der Waals surface area (Å²) in [7, 11) is 5.18. The summed E-state index contributed by atoms with van der Waals surface area (Å²) in [6.07, 6.45) is 3.60. The molecule has 1 N–H and O–H groups in total. The molecule has 0 aliphatic carbocycles. The van der Waals surface area contributed by atoms with Crippen LogP contribution in [-0.2, 0) is 13.6 Å². The number of hydrogen-bond acceptors (Lipinski definition) is 5. The van der Waals surface area contributed by atoms with Crippen LogP contribution in [0.15, 0.2) is 35.1 Å². The number of aryl methyl sites for hydroxylation is 1. The molecular weight excluding hydrogens is 360 g/mol. The van der Waals surface area contributed by atoms with E-state index in [1.165, 1.54) is 0 Å². The van der Waals surface area contributed by atoms with Gasteiger partial charge in [-0.25, -0.2) is 4.98 Å². The molecule has 2 heterocycles. The second-order valence-corrected chi connectivity index (χ2v) is 5.87. The van der Waals surface area contributed by atoms with Gasteiger partial charge in [-0.15, -0.1) is 0 Å². The van der Waals surface area contributed by atoms with Crippen molar-refractivity contribution in [3.63, 3.8) is 0 Å². The van der Waals surface area contributed by atoms with Crippen LogP contribution in [0.25, 0.3) is 10.9 Å². The summed E-state index contributed by atoms with van der Waals surface area (Å²) >= 11 is 3.50. The summed E-state index contributed by atoms with van der Waals surface area (Å²) in [5.74, 6) is 2.32. The van der Waals surface area contributed by atoms with Crippen LogP contribution in [0.2, 0.25) is 0 Å². The van der Waals surface area contributed by atoms with Gasteiger partial charge in [0.05, 0.1) is 20.4 Å². The van der Waals surface area contributed by atoms with Crippen LogP contribution >= 0.6 is 15.9 Å². The maximum absolute atomic E-state index is 5.43. The van der Waals surface area contributed by atoms with E-state index < -0.39 is 0 Å². The normalized spacial score (nSPS) is 10.8. The quantitative estimate of drug-likeness (QED) is 0.739. The zero-order chi connectivity index (χ0) is 16.4. The highest BCUT2D eigenvalue weighted by Gasteiger charge is 2.12. The minimum Gasteiger partial charge on any atom is -0.497 e. The number of nitrogens with one attached hydrogen (secondary N) is 1. The van der Waals surface area contributed by atoms with Crippen molar-refractivity contribution < 1.29 is 9.47 Å². The van der Waals surface area contributed by atoms with E-state index in [9.17, 15) is 0 Å². The molecule has 23 heavy (non-hydrogen) atoms. The second-order valence-electron chi connectivity index (χ2n) is 5.02. The molecule has 0 fully saturated rings. The van der Waals surface area contributed by atoms with Gasteiger partial charge in [0.2, 0.25) is 0 Å². The van der Waals surface area contributed by atoms with Gasteiger partial charge in [0.1, 0.15) is 17.0 Å².